The van der Waals surface area contributed by atoms with Gasteiger partial charge in [0.15, 0.2) is 0 Å². The Balaban J connectivity index is 1.95. The molecule has 1 atom stereocenters. The van der Waals surface area contributed by atoms with Gasteiger partial charge in [-0.2, -0.15) is 4.98 Å². The highest BCUT2D eigenvalue weighted by Gasteiger charge is 2.24. The van der Waals surface area contributed by atoms with Crippen molar-refractivity contribution in [3.8, 4) is 5.88 Å². The molecule has 1 aromatic rings. The Bertz CT molecular complexity index is 392. The van der Waals surface area contributed by atoms with E-state index in [0.29, 0.717) is 18.4 Å². The lowest BCUT2D eigenvalue weighted by atomic mass is 9.94. The lowest BCUT2D eigenvalue weighted by Crippen LogP contribution is -2.36. The SMILES string of the molecule is CCCOc1ccnc(N2CCC(C(C)Cl)CC2)n1. The van der Waals surface area contributed by atoms with Gasteiger partial charge in [0.25, 0.3) is 0 Å². The van der Waals surface area contributed by atoms with Crippen LogP contribution in [0.25, 0.3) is 0 Å². The van der Waals surface area contributed by atoms with E-state index >= 15 is 0 Å². The Hall–Kier alpha value is -1.03. The van der Waals surface area contributed by atoms with Crippen LogP contribution in [0, 0.1) is 5.92 Å². The van der Waals surface area contributed by atoms with Crippen molar-refractivity contribution in [2.24, 2.45) is 5.92 Å². The summed E-state index contributed by atoms with van der Waals surface area (Å²) < 4.78 is 5.55. The van der Waals surface area contributed by atoms with Gasteiger partial charge in [-0.3, -0.25) is 0 Å². The minimum Gasteiger partial charge on any atom is -0.478 e. The van der Waals surface area contributed by atoms with Crippen LogP contribution >= 0.6 is 11.6 Å². The van der Waals surface area contributed by atoms with Gasteiger partial charge in [-0.1, -0.05) is 6.92 Å². The van der Waals surface area contributed by atoms with Crippen LogP contribution in [-0.4, -0.2) is 35.0 Å². The molecule has 4 nitrogen and oxygen atoms in total. The van der Waals surface area contributed by atoms with Crippen LogP contribution in [0.1, 0.15) is 33.1 Å². The van der Waals surface area contributed by atoms with E-state index in [9.17, 15) is 0 Å². The topological polar surface area (TPSA) is 38.2 Å². The van der Waals surface area contributed by atoms with Crippen molar-refractivity contribution in [3.63, 3.8) is 0 Å². The molecule has 0 bridgehead atoms. The predicted molar refractivity (Wildman–Crippen MR) is 78.1 cm³/mol. The van der Waals surface area contributed by atoms with E-state index in [1.807, 2.05) is 6.07 Å². The Kier molecular flexibility index (Phi) is 5.25. The normalized spacial score (nSPS) is 18.4. The first-order chi connectivity index (χ1) is 9.20. The van der Waals surface area contributed by atoms with Crippen molar-refractivity contribution >= 4 is 17.5 Å². The molecule has 19 heavy (non-hydrogen) atoms. The summed E-state index contributed by atoms with van der Waals surface area (Å²) in [6, 6.07) is 1.81. The van der Waals surface area contributed by atoms with Crippen LogP contribution < -0.4 is 9.64 Å². The van der Waals surface area contributed by atoms with Crippen molar-refractivity contribution in [3.05, 3.63) is 12.3 Å². The molecular weight excluding hydrogens is 262 g/mol. The molecule has 1 aliphatic rings. The van der Waals surface area contributed by atoms with Crippen LogP contribution in [0.15, 0.2) is 12.3 Å². The van der Waals surface area contributed by atoms with E-state index in [0.717, 1.165) is 38.3 Å². The highest BCUT2D eigenvalue weighted by atomic mass is 35.5. The Labute approximate surface area is 120 Å². The Morgan fingerprint density at radius 3 is 2.84 bits per heavy atom. The van der Waals surface area contributed by atoms with Crippen molar-refractivity contribution in [2.75, 3.05) is 24.6 Å². The summed E-state index contributed by atoms with van der Waals surface area (Å²) in [5.41, 5.74) is 0. The highest BCUT2D eigenvalue weighted by molar-refractivity contribution is 6.20. The van der Waals surface area contributed by atoms with E-state index in [1.54, 1.807) is 6.20 Å². The molecule has 2 rings (SSSR count). The molecule has 0 spiro atoms. The lowest BCUT2D eigenvalue weighted by Gasteiger charge is -2.33. The number of nitrogens with zero attached hydrogens (tertiary/aromatic N) is 3. The van der Waals surface area contributed by atoms with Crippen molar-refractivity contribution in [1.82, 2.24) is 9.97 Å². The number of anilines is 1. The number of alkyl halides is 1. The van der Waals surface area contributed by atoms with Gasteiger partial charge in [-0.15, -0.1) is 11.6 Å². The molecule has 0 amide bonds. The molecule has 5 heteroatoms. The third-order valence-corrected chi connectivity index (χ3v) is 3.90. The number of rotatable bonds is 5. The summed E-state index contributed by atoms with van der Waals surface area (Å²) >= 11 is 6.16. The van der Waals surface area contributed by atoms with Crippen LogP contribution in [0.2, 0.25) is 0 Å². The molecule has 0 aromatic carbocycles. The van der Waals surface area contributed by atoms with Crippen molar-refractivity contribution < 1.29 is 4.74 Å². The highest BCUT2D eigenvalue weighted by Crippen LogP contribution is 2.26. The average molecular weight is 284 g/mol. The summed E-state index contributed by atoms with van der Waals surface area (Å²) in [5.74, 6) is 2.05. The third-order valence-electron chi connectivity index (χ3n) is 3.54. The first-order valence-electron chi connectivity index (χ1n) is 7.05. The molecule has 0 saturated carbocycles. The summed E-state index contributed by atoms with van der Waals surface area (Å²) in [4.78, 5) is 11.0. The fourth-order valence-electron chi connectivity index (χ4n) is 2.33. The average Bonchev–Trinajstić information content (AvgIpc) is 2.45. The van der Waals surface area contributed by atoms with Crippen LogP contribution in [-0.2, 0) is 0 Å². The van der Waals surface area contributed by atoms with E-state index in [2.05, 4.69) is 28.7 Å². The summed E-state index contributed by atoms with van der Waals surface area (Å²) in [6.45, 7) is 6.80. The molecule has 0 radical (unpaired) electrons. The van der Waals surface area contributed by atoms with Gasteiger partial charge in [0, 0.05) is 30.7 Å². The summed E-state index contributed by atoms with van der Waals surface area (Å²) in [7, 11) is 0. The van der Waals surface area contributed by atoms with Crippen LogP contribution in [0.5, 0.6) is 5.88 Å². The monoisotopic (exact) mass is 283 g/mol. The van der Waals surface area contributed by atoms with E-state index in [4.69, 9.17) is 16.3 Å². The Morgan fingerprint density at radius 2 is 2.21 bits per heavy atom. The van der Waals surface area contributed by atoms with Crippen LogP contribution in [0.3, 0.4) is 0 Å². The van der Waals surface area contributed by atoms with E-state index in [1.165, 1.54) is 0 Å². The molecule has 106 valence electrons. The summed E-state index contributed by atoms with van der Waals surface area (Å²) in [6.07, 6.45) is 4.96. The number of aromatic nitrogens is 2. The van der Waals surface area contributed by atoms with Gasteiger partial charge in [0.1, 0.15) is 0 Å². The molecule has 0 N–H and O–H groups in total. The zero-order chi connectivity index (χ0) is 13.7. The molecule has 1 unspecified atom stereocenters. The number of ether oxygens (including phenoxy) is 1. The molecule has 1 aliphatic heterocycles. The molecule has 1 fully saturated rings. The molecule has 2 heterocycles. The second kappa shape index (κ2) is 6.94. The third kappa shape index (κ3) is 3.96. The maximum Gasteiger partial charge on any atom is 0.228 e. The summed E-state index contributed by atoms with van der Waals surface area (Å²) in [5, 5.41) is 0.252. The van der Waals surface area contributed by atoms with Gasteiger partial charge in [0.05, 0.1) is 6.61 Å². The number of halogens is 1. The number of piperidine rings is 1. The zero-order valence-electron chi connectivity index (χ0n) is 11.7. The lowest BCUT2D eigenvalue weighted by molar-refractivity contribution is 0.304. The maximum atomic E-state index is 6.16. The largest absolute Gasteiger partial charge is 0.478 e. The number of hydrogen-bond donors (Lipinski definition) is 0. The molecular formula is C14H22ClN3O. The fourth-order valence-corrected chi connectivity index (χ4v) is 2.58. The smallest absolute Gasteiger partial charge is 0.228 e. The minimum absolute atomic E-state index is 0.252. The van der Waals surface area contributed by atoms with Crippen LogP contribution in [0.4, 0.5) is 5.95 Å². The molecule has 0 aliphatic carbocycles. The van der Waals surface area contributed by atoms with E-state index in [-0.39, 0.29) is 5.38 Å². The predicted octanol–water partition coefficient (Wildman–Crippen LogP) is 3.11. The first kappa shape index (κ1) is 14.4. The van der Waals surface area contributed by atoms with Gasteiger partial charge >= 0.3 is 0 Å². The standard InChI is InChI=1S/C14H22ClN3O/c1-3-10-19-13-4-7-16-14(17-13)18-8-5-12(6-9-18)11(2)15/h4,7,11-12H,3,5-6,8-10H2,1-2H3. The van der Waals surface area contributed by atoms with Gasteiger partial charge in [-0.25, -0.2) is 4.98 Å². The molecule has 1 saturated heterocycles. The van der Waals surface area contributed by atoms with Gasteiger partial charge < -0.3 is 9.64 Å². The van der Waals surface area contributed by atoms with Gasteiger partial charge in [0.2, 0.25) is 11.8 Å². The fraction of sp³-hybridized carbons (Fsp3) is 0.714. The number of hydrogen-bond acceptors (Lipinski definition) is 4. The second-order valence-electron chi connectivity index (χ2n) is 5.05. The Morgan fingerprint density at radius 1 is 1.47 bits per heavy atom. The first-order valence-corrected chi connectivity index (χ1v) is 7.49. The second-order valence-corrected chi connectivity index (χ2v) is 5.73. The van der Waals surface area contributed by atoms with Gasteiger partial charge in [-0.05, 0) is 32.1 Å². The minimum atomic E-state index is 0.252. The van der Waals surface area contributed by atoms with E-state index < -0.39 is 0 Å². The maximum absolute atomic E-state index is 6.16. The van der Waals surface area contributed by atoms with Crippen molar-refractivity contribution in [1.29, 1.82) is 0 Å². The quantitative estimate of drug-likeness (QED) is 0.778. The van der Waals surface area contributed by atoms with Crippen molar-refractivity contribution in [2.45, 2.75) is 38.5 Å². The zero-order valence-corrected chi connectivity index (χ0v) is 12.4. The molecule has 1 aromatic heterocycles.